The average molecular weight is 458 g/mol. The lowest BCUT2D eigenvalue weighted by atomic mass is 10.1. The van der Waals surface area contributed by atoms with Crippen LogP contribution in [0, 0.1) is 0 Å². The van der Waals surface area contributed by atoms with Crippen molar-refractivity contribution in [2.24, 2.45) is 5.14 Å². The zero-order valence-corrected chi connectivity index (χ0v) is 17.0. The van der Waals surface area contributed by atoms with Gasteiger partial charge in [0.15, 0.2) is 5.01 Å². The van der Waals surface area contributed by atoms with E-state index in [1.54, 1.807) is 24.3 Å². The van der Waals surface area contributed by atoms with Crippen LogP contribution in [0.25, 0.3) is 10.4 Å². The summed E-state index contributed by atoms with van der Waals surface area (Å²) in [6.07, 6.45) is -1.63. The number of amides is 1. The second-order valence-electron chi connectivity index (χ2n) is 5.94. The van der Waals surface area contributed by atoms with Crippen molar-refractivity contribution in [2.75, 3.05) is 5.32 Å². The molecule has 1 heterocycles. The molecule has 0 radical (unpaired) electrons. The number of carbonyl (C=O) groups excluding carboxylic acids is 1. The predicted molar refractivity (Wildman–Crippen MR) is 108 cm³/mol. The van der Waals surface area contributed by atoms with Crippen LogP contribution in [-0.4, -0.2) is 19.3 Å². The highest BCUT2D eigenvalue weighted by Crippen LogP contribution is 2.35. The maximum atomic E-state index is 12.8. The Morgan fingerprint density at radius 2 is 1.97 bits per heavy atom. The first kappa shape index (κ1) is 21.3. The number of halogens is 3. The van der Waals surface area contributed by atoms with Crippen LogP contribution in [0.15, 0.2) is 53.6 Å². The van der Waals surface area contributed by atoms with Gasteiger partial charge in [-0.15, -0.1) is 11.3 Å². The molecule has 0 unspecified atom stereocenters. The minimum absolute atomic E-state index is 0.0152. The highest BCUT2D eigenvalue weighted by molar-refractivity contribution is 7.89. The minimum Gasteiger partial charge on any atom is -0.326 e. The first-order valence-corrected chi connectivity index (χ1v) is 10.8. The number of nitrogens with one attached hydrogen (secondary N) is 1. The number of alkyl halides is 2. The van der Waals surface area contributed by atoms with Gasteiger partial charge in [0.1, 0.15) is 0 Å². The van der Waals surface area contributed by atoms with Crippen molar-refractivity contribution in [1.29, 1.82) is 0 Å². The molecule has 11 heteroatoms. The Bertz CT molecular complexity index is 1170. The standard InChI is InChI=1S/C18H14ClF2N3O3S2/c19-13-4-2-1-3-10(13)7-16(25)24-11-5-6-12(15(8-11)29(22,26)27)14-9-23-18(28-14)17(20)21/h1-6,8-9,17H,7H2,(H,24,25)(H2,22,26,27). The average Bonchev–Trinajstić information content (AvgIpc) is 3.13. The van der Waals surface area contributed by atoms with Gasteiger partial charge in [-0.25, -0.2) is 27.3 Å². The van der Waals surface area contributed by atoms with Gasteiger partial charge in [0.05, 0.1) is 16.2 Å². The van der Waals surface area contributed by atoms with E-state index in [1.165, 1.54) is 18.2 Å². The maximum absolute atomic E-state index is 12.8. The number of aromatic nitrogens is 1. The zero-order chi connectivity index (χ0) is 21.2. The lowest BCUT2D eigenvalue weighted by Gasteiger charge is -2.11. The Balaban J connectivity index is 1.89. The molecule has 3 aromatic rings. The van der Waals surface area contributed by atoms with Crippen LogP contribution in [0.3, 0.4) is 0 Å². The summed E-state index contributed by atoms with van der Waals surface area (Å²) in [6.45, 7) is 0. The summed E-state index contributed by atoms with van der Waals surface area (Å²) in [6, 6.07) is 10.8. The van der Waals surface area contributed by atoms with Gasteiger partial charge in [-0.2, -0.15) is 0 Å². The molecule has 0 aliphatic carbocycles. The summed E-state index contributed by atoms with van der Waals surface area (Å²) in [4.78, 5) is 15.8. The second-order valence-corrected chi connectivity index (χ2v) is 8.94. The Hall–Kier alpha value is -2.40. The molecule has 0 saturated carbocycles. The second kappa shape index (κ2) is 8.54. The monoisotopic (exact) mass is 457 g/mol. The van der Waals surface area contributed by atoms with E-state index in [1.807, 2.05) is 0 Å². The number of nitrogens with two attached hydrogens (primary N) is 1. The molecule has 0 bridgehead atoms. The normalized spacial score (nSPS) is 11.6. The molecule has 3 rings (SSSR count). The smallest absolute Gasteiger partial charge is 0.289 e. The molecule has 0 aliphatic rings. The van der Waals surface area contributed by atoms with Crippen molar-refractivity contribution in [3.63, 3.8) is 0 Å². The Morgan fingerprint density at radius 3 is 2.59 bits per heavy atom. The number of primary sulfonamides is 1. The summed E-state index contributed by atoms with van der Waals surface area (Å²) in [5, 5.41) is 7.87. The van der Waals surface area contributed by atoms with E-state index in [9.17, 15) is 22.0 Å². The first-order chi connectivity index (χ1) is 13.6. The van der Waals surface area contributed by atoms with Gasteiger partial charge in [-0.3, -0.25) is 4.79 Å². The Kier molecular flexibility index (Phi) is 6.27. The van der Waals surface area contributed by atoms with Gasteiger partial charge < -0.3 is 5.32 Å². The van der Waals surface area contributed by atoms with E-state index in [-0.39, 0.29) is 27.4 Å². The van der Waals surface area contributed by atoms with Gasteiger partial charge in [0.25, 0.3) is 6.43 Å². The number of sulfonamides is 1. The van der Waals surface area contributed by atoms with Crippen molar-refractivity contribution in [3.8, 4) is 10.4 Å². The number of carbonyl (C=O) groups is 1. The predicted octanol–water partition coefficient (Wildman–Crippen LogP) is 4.23. The van der Waals surface area contributed by atoms with Crippen molar-refractivity contribution < 1.29 is 22.0 Å². The third-order valence-corrected chi connectivity index (χ3v) is 6.21. The number of hydrogen-bond acceptors (Lipinski definition) is 5. The lowest BCUT2D eigenvalue weighted by Crippen LogP contribution is -2.17. The summed E-state index contributed by atoms with van der Waals surface area (Å²) in [7, 11) is -4.20. The molecule has 0 saturated heterocycles. The summed E-state index contributed by atoms with van der Waals surface area (Å²) < 4.78 is 49.6. The fourth-order valence-corrected chi connectivity index (χ4v) is 4.43. The van der Waals surface area contributed by atoms with Crippen molar-refractivity contribution in [1.82, 2.24) is 4.98 Å². The van der Waals surface area contributed by atoms with Gasteiger partial charge in [0, 0.05) is 22.5 Å². The molecule has 29 heavy (non-hydrogen) atoms. The molecule has 6 nitrogen and oxygen atoms in total. The molecule has 2 aromatic carbocycles. The van der Waals surface area contributed by atoms with Gasteiger partial charge in [-0.1, -0.05) is 35.9 Å². The Labute approximate surface area is 174 Å². The van der Waals surface area contributed by atoms with Crippen molar-refractivity contribution in [2.45, 2.75) is 17.7 Å². The molecule has 0 atom stereocenters. The minimum atomic E-state index is -4.20. The molecular formula is C18H14ClF2N3O3S2. The summed E-state index contributed by atoms with van der Waals surface area (Å²) >= 11 is 6.70. The maximum Gasteiger partial charge on any atom is 0.289 e. The molecular weight excluding hydrogens is 444 g/mol. The van der Waals surface area contributed by atoms with Crippen LogP contribution >= 0.6 is 22.9 Å². The topological polar surface area (TPSA) is 102 Å². The van der Waals surface area contributed by atoms with Crippen molar-refractivity contribution in [3.05, 3.63) is 64.3 Å². The third kappa shape index (κ3) is 5.15. The summed E-state index contributed by atoms with van der Waals surface area (Å²) in [5.74, 6) is -0.413. The van der Waals surface area contributed by atoms with Gasteiger partial charge in [0.2, 0.25) is 15.9 Å². The highest BCUT2D eigenvalue weighted by Gasteiger charge is 2.20. The van der Waals surface area contributed by atoms with Gasteiger partial charge >= 0.3 is 0 Å². The van der Waals surface area contributed by atoms with Crippen LogP contribution in [0.2, 0.25) is 5.02 Å². The molecule has 1 amide bonds. The van der Waals surface area contributed by atoms with E-state index in [4.69, 9.17) is 16.7 Å². The number of thiazole rings is 1. The van der Waals surface area contributed by atoms with E-state index in [0.29, 0.717) is 21.9 Å². The van der Waals surface area contributed by atoms with Gasteiger partial charge in [-0.05, 0) is 23.8 Å². The fraction of sp³-hybridized carbons (Fsp3) is 0.111. The Morgan fingerprint density at radius 1 is 1.24 bits per heavy atom. The number of nitrogens with zero attached hydrogens (tertiary/aromatic N) is 1. The van der Waals surface area contributed by atoms with Crippen LogP contribution in [-0.2, 0) is 21.2 Å². The van der Waals surface area contributed by atoms with E-state index in [2.05, 4.69) is 10.3 Å². The quantitative estimate of drug-likeness (QED) is 0.578. The number of hydrogen-bond donors (Lipinski definition) is 2. The molecule has 152 valence electrons. The lowest BCUT2D eigenvalue weighted by molar-refractivity contribution is -0.115. The molecule has 1 aromatic heterocycles. The fourth-order valence-electron chi connectivity index (χ4n) is 2.57. The first-order valence-electron chi connectivity index (χ1n) is 8.09. The van der Waals surface area contributed by atoms with E-state index in [0.717, 1.165) is 6.20 Å². The zero-order valence-electron chi connectivity index (χ0n) is 14.6. The molecule has 0 aliphatic heterocycles. The number of anilines is 1. The van der Waals surface area contributed by atoms with Crippen LogP contribution in [0.5, 0.6) is 0 Å². The van der Waals surface area contributed by atoms with Crippen LogP contribution < -0.4 is 10.5 Å². The van der Waals surface area contributed by atoms with E-state index >= 15 is 0 Å². The van der Waals surface area contributed by atoms with Crippen molar-refractivity contribution >= 4 is 44.6 Å². The number of benzene rings is 2. The molecule has 3 N–H and O–H groups in total. The highest BCUT2D eigenvalue weighted by atomic mass is 35.5. The SMILES string of the molecule is NS(=O)(=O)c1cc(NC(=O)Cc2ccccc2Cl)ccc1-c1cnc(C(F)F)s1. The van der Waals surface area contributed by atoms with Crippen LogP contribution in [0.1, 0.15) is 17.0 Å². The molecule has 0 fully saturated rings. The van der Waals surface area contributed by atoms with Crippen LogP contribution in [0.4, 0.5) is 14.5 Å². The third-order valence-electron chi connectivity index (χ3n) is 3.86. The van der Waals surface area contributed by atoms with E-state index < -0.39 is 27.4 Å². The molecule has 0 spiro atoms. The largest absolute Gasteiger partial charge is 0.326 e. The summed E-state index contributed by atoms with van der Waals surface area (Å²) in [5.41, 5.74) is 0.925. The number of rotatable bonds is 6.